The molecule has 0 aliphatic heterocycles. The number of hydrogen-bond acceptors (Lipinski definition) is 3. The average Bonchev–Trinajstić information content (AvgIpc) is 2.35. The van der Waals surface area contributed by atoms with Gasteiger partial charge in [-0.2, -0.15) is 0 Å². The number of methoxy groups -OCH3 is 1. The molecule has 3 nitrogen and oxygen atoms in total. The van der Waals surface area contributed by atoms with Gasteiger partial charge in [0.25, 0.3) is 0 Å². The number of ketones is 1. The molecule has 1 atom stereocenters. The summed E-state index contributed by atoms with van der Waals surface area (Å²) in [7, 11) is -0.242. The summed E-state index contributed by atoms with van der Waals surface area (Å²) in [4.78, 5) is 11.9. The molecule has 1 rings (SSSR count). The molecule has 0 amide bonds. The fourth-order valence-electron chi connectivity index (χ4n) is 1.73. The van der Waals surface area contributed by atoms with E-state index >= 15 is 0 Å². The van der Waals surface area contributed by atoms with Crippen LogP contribution in [0.25, 0.3) is 0 Å². The average molecular weight is 313 g/mol. The third kappa shape index (κ3) is 6.37. The molecule has 0 spiro atoms. The van der Waals surface area contributed by atoms with E-state index in [-0.39, 0.29) is 11.9 Å². The monoisotopic (exact) mass is 312 g/mol. The van der Waals surface area contributed by atoms with Crippen molar-refractivity contribution in [2.24, 2.45) is 0 Å². The van der Waals surface area contributed by atoms with E-state index in [1.54, 1.807) is 0 Å². The molecule has 5 heteroatoms. The Morgan fingerprint density at radius 1 is 1.30 bits per heavy atom. The lowest BCUT2D eigenvalue weighted by Crippen LogP contribution is -2.29. The summed E-state index contributed by atoms with van der Waals surface area (Å²) in [5, 5.41) is 0.672. The number of carbonyl (C=O) groups is 1. The molecule has 0 aliphatic carbocycles. The Kier molecular flexibility index (Phi) is 6.46. The number of allylic oxidation sites excluding steroid dienone is 1. The Labute approximate surface area is 126 Å². The van der Waals surface area contributed by atoms with Crippen LogP contribution in [0.2, 0.25) is 24.7 Å². The maximum absolute atomic E-state index is 11.9. The third-order valence-corrected chi connectivity index (χ3v) is 3.76. The summed E-state index contributed by atoms with van der Waals surface area (Å²) in [6.45, 7) is 6.31. The zero-order valence-corrected chi connectivity index (χ0v) is 14.1. The van der Waals surface area contributed by atoms with Crippen LogP contribution >= 0.6 is 11.6 Å². The van der Waals surface area contributed by atoms with Crippen molar-refractivity contribution in [1.29, 1.82) is 0 Å². The van der Waals surface area contributed by atoms with Crippen molar-refractivity contribution >= 4 is 25.7 Å². The highest BCUT2D eigenvalue weighted by molar-refractivity contribution is 6.69. The Hall–Kier alpha value is -1.10. The second kappa shape index (κ2) is 7.62. The SMILES string of the molecule is CO/C=C/C(=O)CC(O[Si](C)(C)C)c1ccc(Cl)cc1. The molecule has 1 aromatic carbocycles. The largest absolute Gasteiger partial charge is 0.504 e. The standard InChI is InChI=1S/C15H21ClO3Si/c1-18-10-9-14(17)11-15(19-20(2,3)4)12-5-7-13(16)8-6-12/h5-10,15H,11H2,1-4H3/b10-9+. The summed E-state index contributed by atoms with van der Waals surface area (Å²) >= 11 is 5.90. The molecule has 0 saturated heterocycles. The number of hydrogen-bond donors (Lipinski definition) is 0. The predicted molar refractivity (Wildman–Crippen MR) is 84.4 cm³/mol. The van der Waals surface area contributed by atoms with Crippen molar-refractivity contribution in [3.05, 3.63) is 47.2 Å². The van der Waals surface area contributed by atoms with Gasteiger partial charge in [-0.15, -0.1) is 0 Å². The van der Waals surface area contributed by atoms with Gasteiger partial charge in [0.2, 0.25) is 0 Å². The van der Waals surface area contributed by atoms with Crippen molar-refractivity contribution in [2.45, 2.75) is 32.2 Å². The molecule has 0 N–H and O–H groups in total. The van der Waals surface area contributed by atoms with Crippen molar-refractivity contribution in [1.82, 2.24) is 0 Å². The van der Waals surface area contributed by atoms with Gasteiger partial charge in [-0.1, -0.05) is 23.7 Å². The fraction of sp³-hybridized carbons (Fsp3) is 0.400. The molecule has 0 radical (unpaired) electrons. The molecular weight excluding hydrogens is 292 g/mol. The normalized spacial score (nSPS) is 13.4. The van der Waals surface area contributed by atoms with E-state index in [0.717, 1.165) is 5.56 Å². The van der Waals surface area contributed by atoms with Gasteiger partial charge in [-0.3, -0.25) is 4.79 Å². The number of ether oxygens (including phenoxy) is 1. The van der Waals surface area contributed by atoms with Crippen LogP contribution in [0.15, 0.2) is 36.6 Å². The maximum atomic E-state index is 11.9. The second-order valence-electron chi connectivity index (χ2n) is 5.48. The fourth-order valence-corrected chi connectivity index (χ4v) is 2.93. The molecule has 1 aromatic rings. The first-order chi connectivity index (χ1) is 9.31. The lowest BCUT2D eigenvalue weighted by atomic mass is 10.0. The first-order valence-electron chi connectivity index (χ1n) is 6.47. The molecular formula is C15H21ClO3Si. The Bertz CT molecular complexity index is 463. The van der Waals surface area contributed by atoms with Crippen molar-refractivity contribution < 1.29 is 14.0 Å². The molecule has 0 aliphatic rings. The van der Waals surface area contributed by atoms with Crippen LogP contribution in [0.4, 0.5) is 0 Å². The lowest BCUT2D eigenvalue weighted by molar-refractivity contribution is -0.116. The van der Waals surface area contributed by atoms with Crippen LogP contribution in [-0.2, 0) is 14.0 Å². The minimum absolute atomic E-state index is 0.0231. The highest BCUT2D eigenvalue weighted by atomic mass is 35.5. The van der Waals surface area contributed by atoms with Crippen LogP contribution in [-0.4, -0.2) is 21.2 Å². The van der Waals surface area contributed by atoms with E-state index in [2.05, 4.69) is 19.6 Å². The highest BCUT2D eigenvalue weighted by Gasteiger charge is 2.24. The van der Waals surface area contributed by atoms with E-state index in [9.17, 15) is 4.79 Å². The molecule has 0 fully saturated rings. The summed E-state index contributed by atoms with van der Waals surface area (Å²) in [5.74, 6) is -0.0231. The third-order valence-electron chi connectivity index (χ3n) is 2.51. The Morgan fingerprint density at radius 3 is 2.40 bits per heavy atom. The molecule has 0 heterocycles. The first-order valence-corrected chi connectivity index (χ1v) is 10.3. The van der Waals surface area contributed by atoms with Crippen molar-refractivity contribution in [2.75, 3.05) is 7.11 Å². The van der Waals surface area contributed by atoms with Gasteiger partial charge in [0, 0.05) is 17.5 Å². The number of benzene rings is 1. The van der Waals surface area contributed by atoms with E-state index in [0.29, 0.717) is 11.4 Å². The molecule has 0 saturated carbocycles. The number of rotatable bonds is 7. The smallest absolute Gasteiger partial charge is 0.184 e. The van der Waals surface area contributed by atoms with Crippen LogP contribution in [0.3, 0.4) is 0 Å². The van der Waals surface area contributed by atoms with Gasteiger partial charge in [-0.05, 0) is 37.3 Å². The molecule has 0 bridgehead atoms. The van der Waals surface area contributed by atoms with Gasteiger partial charge in [-0.25, -0.2) is 0 Å². The van der Waals surface area contributed by atoms with Gasteiger partial charge in [0.1, 0.15) is 0 Å². The maximum Gasteiger partial charge on any atom is 0.184 e. The summed E-state index contributed by atoms with van der Waals surface area (Å²) in [6, 6.07) is 7.43. The van der Waals surface area contributed by atoms with Crippen molar-refractivity contribution in [3.63, 3.8) is 0 Å². The minimum atomic E-state index is -1.76. The summed E-state index contributed by atoms with van der Waals surface area (Å²) in [5.41, 5.74) is 0.969. The van der Waals surface area contributed by atoms with E-state index in [4.69, 9.17) is 20.8 Å². The van der Waals surface area contributed by atoms with Gasteiger partial charge in [0.15, 0.2) is 14.1 Å². The highest BCUT2D eigenvalue weighted by Crippen LogP contribution is 2.27. The number of halogens is 1. The van der Waals surface area contributed by atoms with E-state index < -0.39 is 8.32 Å². The number of carbonyl (C=O) groups excluding carboxylic acids is 1. The van der Waals surface area contributed by atoms with Gasteiger partial charge in [0.05, 0.1) is 19.5 Å². The van der Waals surface area contributed by atoms with Crippen LogP contribution < -0.4 is 0 Å². The first kappa shape index (κ1) is 16.9. The van der Waals surface area contributed by atoms with E-state index in [1.165, 1.54) is 19.4 Å². The zero-order chi connectivity index (χ0) is 15.2. The van der Waals surface area contributed by atoms with E-state index in [1.807, 2.05) is 24.3 Å². The summed E-state index contributed by atoms with van der Waals surface area (Å²) < 4.78 is 10.9. The molecule has 110 valence electrons. The van der Waals surface area contributed by atoms with Crippen LogP contribution in [0.5, 0.6) is 0 Å². The molecule has 0 aromatic heterocycles. The van der Waals surface area contributed by atoms with Crippen LogP contribution in [0.1, 0.15) is 18.1 Å². The van der Waals surface area contributed by atoms with Gasteiger partial charge >= 0.3 is 0 Å². The molecule has 1 unspecified atom stereocenters. The zero-order valence-electron chi connectivity index (χ0n) is 12.4. The lowest BCUT2D eigenvalue weighted by Gasteiger charge is -2.26. The Balaban J connectivity index is 2.88. The predicted octanol–water partition coefficient (Wildman–Crippen LogP) is 4.35. The molecule has 20 heavy (non-hydrogen) atoms. The van der Waals surface area contributed by atoms with Crippen LogP contribution in [0, 0.1) is 0 Å². The second-order valence-corrected chi connectivity index (χ2v) is 10.4. The van der Waals surface area contributed by atoms with Gasteiger partial charge < -0.3 is 9.16 Å². The minimum Gasteiger partial charge on any atom is -0.504 e. The van der Waals surface area contributed by atoms with Crippen molar-refractivity contribution in [3.8, 4) is 0 Å². The summed E-state index contributed by atoms with van der Waals surface area (Å²) in [6.07, 6.45) is 2.87. The Morgan fingerprint density at radius 2 is 1.90 bits per heavy atom. The quantitative estimate of drug-likeness (QED) is 0.426. The topological polar surface area (TPSA) is 35.5 Å².